The van der Waals surface area contributed by atoms with E-state index in [9.17, 15) is 5.11 Å². The van der Waals surface area contributed by atoms with Gasteiger partial charge in [-0.1, -0.05) is 60.7 Å². The Bertz CT molecular complexity index is 836. The minimum absolute atomic E-state index is 0.445. The van der Waals surface area contributed by atoms with Crippen LogP contribution in [0.3, 0.4) is 0 Å². The molecule has 0 aliphatic rings. The molecule has 0 aliphatic carbocycles. The molecule has 0 saturated heterocycles. The fraction of sp³-hybridized carbons (Fsp3) is 0.217. The van der Waals surface area contributed by atoms with E-state index in [-0.39, 0.29) is 0 Å². The quantitative estimate of drug-likeness (QED) is 0.601. The van der Waals surface area contributed by atoms with Crippen molar-refractivity contribution in [3.8, 4) is 11.5 Å². The third-order valence-electron chi connectivity index (χ3n) is 4.34. The predicted molar refractivity (Wildman–Crippen MR) is 107 cm³/mol. The van der Waals surface area contributed by atoms with Crippen LogP contribution in [0.1, 0.15) is 22.8 Å². The number of aliphatic hydroxyl groups is 1. The molecule has 3 rings (SSSR count). The Hall–Kier alpha value is -2.82. The Morgan fingerprint density at radius 2 is 1.70 bits per heavy atom. The van der Waals surface area contributed by atoms with Crippen LogP contribution in [0.4, 0.5) is 0 Å². The number of aliphatic hydroxyl groups excluding tert-OH is 1. The molecule has 0 spiro atoms. The van der Waals surface area contributed by atoms with E-state index in [0.717, 1.165) is 28.2 Å². The van der Waals surface area contributed by atoms with Crippen molar-refractivity contribution in [3.05, 3.63) is 95.6 Å². The highest BCUT2D eigenvalue weighted by Crippen LogP contribution is 2.21. The van der Waals surface area contributed by atoms with Crippen molar-refractivity contribution in [2.75, 3.05) is 13.7 Å². The summed E-state index contributed by atoms with van der Waals surface area (Å²) >= 11 is 0. The van der Waals surface area contributed by atoms with E-state index in [1.807, 2.05) is 78.9 Å². The lowest BCUT2D eigenvalue weighted by molar-refractivity contribution is 0.173. The minimum Gasteiger partial charge on any atom is -0.497 e. The van der Waals surface area contributed by atoms with Gasteiger partial charge in [0.2, 0.25) is 0 Å². The fourth-order valence-electron chi connectivity index (χ4n) is 2.84. The first-order valence-electron chi connectivity index (χ1n) is 9.03. The number of hydrogen-bond donors (Lipinski definition) is 2. The second-order valence-electron chi connectivity index (χ2n) is 6.31. The van der Waals surface area contributed by atoms with E-state index in [2.05, 4.69) is 5.32 Å². The van der Waals surface area contributed by atoms with Crippen LogP contribution in [0.15, 0.2) is 78.9 Å². The van der Waals surface area contributed by atoms with Gasteiger partial charge in [-0.2, -0.15) is 0 Å². The highest BCUT2D eigenvalue weighted by molar-refractivity contribution is 5.34. The molecule has 1 atom stereocenters. The van der Waals surface area contributed by atoms with Crippen LogP contribution in [-0.2, 0) is 13.2 Å². The van der Waals surface area contributed by atoms with Crippen molar-refractivity contribution in [3.63, 3.8) is 0 Å². The molecule has 140 valence electrons. The van der Waals surface area contributed by atoms with Gasteiger partial charge in [0, 0.05) is 18.7 Å². The van der Waals surface area contributed by atoms with Gasteiger partial charge < -0.3 is 19.9 Å². The first kappa shape index (κ1) is 19.0. The van der Waals surface area contributed by atoms with Gasteiger partial charge in [-0.15, -0.1) is 0 Å². The summed E-state index contributed by atoms with van der Waals surface area (Å²) in [6, 6.07) is 25.6. The largest absolute Gasteiger partial charge is 0.497 e. The molecule has 0 unspecified atom stereocenters. The third-order valence-corrected chi connectivity index (χ3v) is 4.34. The summed E-state index contributed by atoms with van der Waals surface area (Å²) in [5.74, 6) is 1.59. The van der Waals surface area contributed by atoms with Crippen molar-refractivity contribution < 1.29 is 14.6 Å². The maximum absolute atomic E-state index is 10.4. The summed E-state index contributed by atoms with van der Waals surface area (Å²) in [5.41, 5.74) is 3.02. The molecule has 4 nitrogen and oxygen atoms in total. The van der Waals surface area contributed by atoms with Crippen molar-refractivity contribution in [1.29, 1.82) is 0 Å². The molecular weight excluding hydrogens is 338 g/mol. The van der Waals surface area contributed by atoms with Gasteiger partial charge in [0.25, 0.3) is 0 Å². The molecule has 2 N–H and O–H groups in total. The maximum Gasteiger partial charge on any atom is 0.124 e. The number of benzene rings is 3. The summed E-state index contributed by atoms with van der Waals surface area (Å²) in [6.07, 6.45) is -0.600. The van der Waals surface area contributed by atoms with Crippen LogP contribution < -0.4 is 14.8 Å². The minimum atomic E-state index is -0.600. The fourth-order valence-corrected chi connectivity index (χ4v) is 2.84. The monoisotopic (exact) mass is 363 g/mol. The number of ether oxygens (including phenoxy) is 2. The second kappa shape index (κ2) is 9.76. The van der Waals surface area contributed by atoms with Crippen molar-refractivity contribution in [1.82, 2.24) is 5.32 Å². The summed E-state index contributed by atoms with van der Waals surface area (Å²) < 4.78 is 11.2. The van der Waals surface area contributed by atoms with Gasteiger partial charge in [-0.3, -0.25) is 0 Å². The smallest absolute Gasteiger partial charge is 0.124 e. The number of para-hydroxylation sites is 1. The molecule has 0 saturated carbocycles. The van der Waals surface area contributed by atoms with Crippen molar-refractivity contribution >= 4 is 0 Å². The Labute approximate surface area is 160 Å². The number of nitrogens with one attached hydrogen (secondary N) is 1. The van der Waals surface area contributed by atoms with E-state index in [1.165, 1.54) is 0 Å². The molecule has 4 heteroatoms. The summed E-state index contributed by atoms with van der Waals surface area (Å²) in [7, 11) is 1.62. The topological polar surface area (TPSA) is 50.7 Å². The molecule has 0 fully saturated rings. The van der Waals surface area contributed by atoms with E-state index in [1.54, 1.807) is 7.11 Å². The highest BCUT2D eigenvalue weighted by atomic mass is 16.5. The number of hydrogen-bond acceptors (Lipinski definition) is 4. The number of rotatable bonds is 9. The first-order valence-corrected chi connectivity index (χ1v) is 9.03. The molecular formula is C23H25NO3. The van der Waals surface area contributed by atoms with Crippen LogP contribution in [0.5, 0.6) is 11.5 Å². The lowest BCUT2D eigenvalue weighted by Crippen LogP contribution is -2.21. The van der Waals surface area contributed by atoms with E-state index >= 15 is 0 Å². The van der Waals surface area contributed by atoms with Gasteiger partial charge >= 0.3 is 0 Å². The van der Waals surface area contributed by atoms with Gasteiger partial charge in [-0.25, -0.2) is 0 Å². The van der Waals surface area contributed by atoms with Crippen LogP contribution in [-0.4, -0.2) is 18.8 Å². The zero-order valence-corrected chi connectivity index (χ0v) is 15.5. The lowest BCUT2D eigenvalue weighted by Gasteiger charge is -2.15. The Morgan fingerprint density at radius 1 is 0.926 bits per heavy atom. The zero-order valence-electron chi connectivity index (χ0n) is 15.5. The highest BCUT2D eigenvalue weighted by Gasteiger charge is 2.09. The Balaban J connectivity index is 1.54. The van der Waals surface area contributed by atoms with Crippen LogP contribution in [0, 0.1) is 0 Å². The molecule has 0 heterocycles. The molecule has 27 heavy (non-hydrogen) atoms. The van der Waals surface area contributed by atoms with Gasteiger partial charge in [0.15, 0.2) is 0 Å². The lowest BCUT2D eigenvalue weighted by atomic mass is 10.1. The standard InChI is InChI=1S/C23H25NO3/c1-26-21-12-7-11-19(14-21)22(25)16-24-15-20-10-5-6-13-23(20)27-17-18-8-3-2-4-9-18/h2-14,22,24-25H,15-17H2,1H3/t22-/m1/s1. The average Bonchev–Trinajstić information content (AvgIpc) is 2.73. The molecule has 0 amide bonds. The van der Waals surface area contributed by atoms with Gasteiger partial charge in [0.1, 0.15) is 18.1 Å². The SMILES string of the molecule is COc1cccc([C@H](O)CNCc2ccccc2OCc2ccccc2)c1. The molecule has 0 bridgehead atoms. The molecule has 0 aromatic heterocycles. The molecule has 3 aromatic carbocycles. The van der Waals surface area contributed by atoms with E-state index in [0.29, 0.717) is 19.7 Å². The molecule has 0 aliphatic heterocycles. The number of methoxy groups -OCH3 is 1. The van der Waals surface area contributed by atoms with Crippen molar-refractivity contribution in [2.24, 2.45) is 0 Å². The average molecular weight is 363 g/mol. The van der Waals surface area contributed by atoms with Crippen molar-refractivity contribution in [2.45, 2.75) is 19.3 Å². The first-order chi connectivity index (χ1) is 13.3. The van der Waals surface area contributed by atoms with Crippen LogP contribution >= 0.6 is 0 Å². The molecule has 0 radical (unpaired) electrons. The summed E-state index contributed by atoms with van der Waals surface area (Å²) in [4.78, 5) is 0. The van der Waals surface area contributed by atoms with Gasteiger partial charge in [0.05, 0.1) is 13.2 Å². The second-order valence-corrected chi connectivity index (χ2v) is 6.31. The predicted octanol–water partition coefficient (Wildman–Crippen LogP) is 4.10. The molecule has 3 aromatic rings. The zero-order chi connectivity index (χ0) is 18.9. The Kier molecular flexibility index (Phi) is 6.85. The van der Waals surface area contributed by atoms with E-state index < -0.39 is 6.10 Å². The van der Waals surface area contributed by atoms with Gasteiger partial charge in [-0.05, 0) is 29.3 Å². The van der Waals surface area contributed by atoms with E-state index in [4.69, 9.17) is 9.47 Å². The van der Waals surface area contributed by atoms with Crippen LogP contribution in [0.25, 0.3) is 0 Å². The van der Waals surface area contributed by atoms with Crippen LogP contribution in [0.2, 0.25) is 0 Å². The summed E-state index contributed by atoms with van der Waals surface area (Å²) in [5, 5.41) is 13.7. The Morgan fingerprint density at radius 3 is 2.52 bits per heavy atom. The maximum atomic E-state index is 10.4. The summed E-state index contributed by atoms with van der Waals surface area (Å²) in [6.45, 7) is 1.59. The third kappa shape index (κ3) is 5.58. The normalized spacial score (nSPS) is 11.8.